The summed E-state index contributed by atoms with van der Waals surface area (Å²) in [4.78, 5) is 1.04. The molecule has 128 valence electrons. The van der Waals surface area contributed by atoms with E-state index in [1.165, 1.54) is 6.07 Å². The Kier molecular flexibility index (Phi) is 6.12. The summed E-state index contributed by atoms with van der Waals surface area (Å²) in [6.07, 6.45) is -0.0137. The first-order valence-electron chi connectivity index (χ1n) is 8.24. The average Bonchev–Trinajstić information content (AvgIpc) is 2.62. The Morgan fingerprint density at radius 2 is 2.17 bits per heavy atom. The second kappa shape index (κ2) is 8.51. The van der Waals surface area contributed by atoms with Crippen molar-refractivity contribution in [3.05, 3.63) is 59.9 Å². The highest BCUT2D eigenvalue weighted by atomic mass is 32.2. The van der Waals surface area contributed by atoms with Crippen molar-refractivity contribution in [3.63, 3.8) is 0 Å². The zero-order valence-corrected chi connectivity index (χ0v) is 14.5. The van der Waals surface area contributed by atoms with Crippen LogP contribution in [0.25, 0.3) is 0 Å². The van der Waals surface area contributed by atoms with Gasteiger partial charge in [0.1, 0.15) is 11.6 Å². The van der Waals surface area contributed by atoms with Gasteiger partial charge in [-0.2, -0.15) is 0 Å². The maximum Gasteiger partial charge on any atom is 0.132 e. The average molecular weight is 347 g/mol. The zero-order valence-electron chi connectivity index (χ0n) is 13.7. The van der Waals surface area contributed by atoms with Gasteiger partial charge in [-0.1, -0.05) is 24.3 Å². The fraction of sp³-hybridized carbons (Fsp3) is 0.368. The molecule has 0 aliphatic carbocycles. The van der Waals surface area contributed by atoms with E-state index in [-0.39, 0.29) is 17.2 Å². The molecule has 0 aromatic heterocycles. The molecule has 0 spiro atoms. The Labute approximate surface area is 146 Å². The van der Waals surface area contributed by atoms with Gasteiger partial charge in [0.2, 0.25) is 0 Å². The van der Waals surface area contributed by atoms with E-state index in [2.05, 4.69) is 5.32 Å². The lowest BCUT2D eigenvalue weighted by Gasteiger charge is -2.31. The van der Waals surface area contributed by atoms with Gasteiger partial charge in [-0.3, -0.25) is 0 Å². The summed E-state index contributed by atoms with van der Waals surface area (Å²) in [6, 6.07) is 14.7. The van der Waals surface area contributed by atoms with E-state index < -0.39 is 0 Å². The van der Waals surface area contributed by atoms with Gasteiger partial charge >= 0.3 is 0 Å². The van der Waals surface area contributed by atoms with E-state index in [0.717, 1.165) is 29.3 Å². The van der Waals surface area contributed by atoms with Crippen molar-refractivity contribution in [2.75, 3.05) is 26.3 Å². The summed E-state index contributed by atoms with van der Waals surface area (Å²) in [7, 11) is 0. The van der Waals surface area contributed by atoms with Crippen LogP contribution in [0.15, 0.2) is 53.4 Å². The fourth-order valence-electron chi connectivity index (χ4n) is 2.78. The molecule has 2 aromatic rings. The van der Waals surface area contributed by atoms with Crippen LogP contribution in [-0.2, 0) is 4.74 Å². The van der Waals surface area contributed by atoms with Gasteiger partial charge in [-0.25, -0.2) is 4.39 Å². The first-order valence-corrected chi connectivity index (χ1v) is 9.12. The van der Waals surface area contributed by atoms with Gasteiger partial charge in [0, 0.05) is 13.1 Å². The summed E-state index contributed by atoms with van der Waals surface area (Å²) < 4.78 is 25.4. The van der Waals surface area contributed by atoms with E-state index in [9.17, 15) is 4.39 Å². The third-order valence-corrected chi connectivity index (χ3v) is 5.29. The molecule has 1 saturated heterocycles. The van der Waals surface area contributed by atoms with Crippen molar-refractivity contribution in [2.24, 2.45) is 0 Å². The molecular formula is C19H22FNO2S. The number of ether oxygens (including phenoxy) is 2. The Morgan fingerprint density at radius 1 is 1.29 bits per heavy atom. The molecule has 0 amide bonds. The number of hydrogen-bond acceptors (Lipinski definition) is 4. The highest BCUT2D eigenvalue weighted by Crippen LogP contribution is 2.43. The molecule has 1 heterocycles. The molecule has 1 N–H and O–H groups in total. The quantitative estimate of drug-likeness (QED) is 0.799. The third kappa shape index (κ3) is 4.29. The largest absolute Gasteiger partial charge is 0.493 e. The Bertz CT molecular complexity index is 661. The molecule has 3 rings (SSSR count). The predicted molar refractivity (Wildman–Crippen MR) is 95.2 cm³/mol. The Morgan fingerprint density at radius 3 is 2.92 bits per heavy atom. The molecule has 0 bridgehead atoms. The first-order chi connectivity index (χ1) is 11.8. The molecule has 2 aromatic carbocycles. The number of hydrogen-bond donors (Lipinski definition) is 1. The molecule has 2 atom stereocenters. The van der Waals surface area contributed by atoms with E-state index in [1.807, 2.05) is 37.3 Å². The molecule has 1 aliphatic heterocycles. The number of thioether (sulfide) groups is 1. The van der Waals surface area contributed by atoms with E-state index >= 15 is 0 Å². The summed E-state index contributed by atoms with van der Waals surface area (Å²) in [5.74, 6) is 0.634. The smallest absolute Gasteiger partial charge is 0.132 e. The van der Waals surface area contributed by atoms with Crippen LogP contribution in [0.5, 0.6) is 5.75 Å². The van der Waals surface area contributed by atoms with Crippen LogP contribution < -0.4 is 10.1 Å². The second-order valence-corrected chi connectivity index (χ2v) is 6.77. The van der Waals surface area contributed by atoms with Gasteiger partial charge in [-0.05, 0) is 36.8 Å². The molecular weight excluding hydrogens is 325 g/mol. The van der Waals surface area contributed by atoms with Crippen LogP contribution in [0.1, 0.15) is 17.7 Å². The molecule has 0 unspecified atom stereocenters. The maximum absolute atomic E-state index is 13.7. The molecule has 24 heavy (non-hydrogen) atoms. The summed E-state index contributed by atoms with van der Waals surface area (Å²) in [5.41, 5.74) is 0.931. The lowest BCUT2D eigenvalue weighted by molar-refractivity contribution is 0.0273. The lowest BCUT2D eigenvalue weighted by Crippen LogP contribution is -2.41. The van der Waals surface area contributed by atoms with Crippen molar-refractivity contribution in [1.29, 1.82) is 0 Å². The van der Waals surface area contributed by atoms with Crippen LogP contribution in [0.2, 0.25) is 0 Å². The number of nitrogens with one attached hydrogen (secondary N) is 1. The van der Waals surface area contributed by atoms with E-state index in [1.54, 1.807) is 23.9 Å². The molecule has 1 fully saturated rings. The van der Waals surface area contributed by atoms with Crippen LogP contribution >= 0.6 is 11.8 Å². The number of rotatable bonds is 6. The molecule has 3 nitrogen and oxygen atoms in total. The van der Waals surface area contributed by atoms with Crippen LogP contribution in [0.3, 0.4) is 0 Å². The van der Waals surface area contributed by atoms with Crippen molar-refractivity contribution in [1.82, 2.24) is 5.32 Å². The van der Waals surface area contributed by atoms with Crippen molar-refractivity contribution in [2.45, 2.75) is 23.2 Å². The predicted octanol–water partition coefficient (Wildman–Crippen LogP) is 4.05. The molecule has 0 saturated carbocycles. The third-order valence-electron chi connectivity index (χ3n) is 3.87. The monoisotopic (exact) mass is 347 g/mol. The topological polar surface area (TPSA) is 30.5 Å². The zero-order chi connectivity index (χ0) is 16.8. The minimum Gasteiger partial charge on any atom is -0.493 e. The molecule has 5 heteroatoms. The van der Waals surface area contributed by atoms with Crippen LogP contribution in [0, 0.1) is 5.82 Å². The van der Waals surface area contributed by atoms with Gasteiger partial charge in [0.15, 0.2) is 0 Å². The molecule has 0 radical (unpaired) electrons. The Hall–Kier alpha value is -1.56. The lowest BCUT2D eigenvalue weighted by atomic mass is 10.1. The number of benzene rings is 2. The SMILES string of the molecule is CCOc1ccccc1S[C@@H](c1cccc(F)c1)[C@@H]1CNCCO1. The van der Waals surface area contributed by atoms with Crippen LogP contribution in [0.4, 0.5) is 4.39 Å². The first kappa shape index (κ1) is 17.3. The molecule has 1 aliphatic rings. The van der Waals surface area contributed by atoms with Crippen molar-refractivity contribution in [3.8, 4) is 5.75 Å². The highest BCUT2D eigenvalue weighted by Gasteiger charge is 2.28. The summed E-state index contributed by atoms with van der Waals surface area (Å²) in [6.45, 7) is 4.87. The maximum atomic E-state index is 13.7. The van der Waals surface area contributed by atoms with E-state index in [4.69, 9.17) is 9.47 Å². The fourth-order valence-corrected chi connectivity index (χ4v) is 4.06. The normalized spacial score (nSPS) is 19.0. The van der Waals surface area contributed by atoms with Gasteiger partial charge < -0.3 is 14.8 Å². The minimum atomic E-state index is -0.222. The second-order valence-electron chi connectivity index (χ2n) is 5.59. The number of morpholine rings is 1. The van der Waals surface area contributed by atoms with Gasteiger partial charge in [-0.15, -0.1) is 11.8 Å². The van der Waals surface area contributed by atoms with Gasteiger partial charge in [0.25, 0.3) is 0 Å². The summed E-state index contributed by atoms with van der Waals surface area (Å²) in [5, 5.41) is 3.36. The Balaban J connectivity index is 1.90. The standard InChI is InChI=1S/C19H22FNO2S/c1-2-22-16-8-3-4-9-18(16)24-19(17-13-21-10-11-23-17)14-6-5-7-15(20)12-14/h3-9,12,17,19,21H,2,10-11,13H2,1H3/t17-,19-/m0/s1. The van der Waals surface area contributed by atoms with Gasteiger partial charge in [0.05, 0.1) is 29.5 Å². The van der Waals surface area contributed by atoms with E-state index in [0.29, 0.717) is 13.2 Å². The minimum absolute atomic E-state index is 0.00453. The summed E-state index contributed by atoms with van der Waals surface area (Å²) >= 11 is 1.67. The number of para-hydroxylation sites is 1. The highest BCUT2D eigenvalue weighted by molar-refractivity contribution is 7.99. The van der Waals surface area contributed by atoms with Crippen molar-refractivity contribution < 1.29 is 13.9 Å². The van der Waals surface area contributed by atoms with Crippen molar-refractivity contribution >= 4 is 11.8 Å². The number of halogens is 1. The van der Waals surface area contributed by atoms with Crippen LogP contribution in [-0.4, -0.2) is 32.4 Å².